The minimum atomic E-state index is -0.0507. The lowest BCUT2D eigenvalue weighted by Gasteiger charge is -2.43. The molecule has 184 valence electrons. The van der Waals surface area contributed by atoms with Crippen molar-refractivity contribution in [2.45, 2.75) is 71.8 Å². The fourth-order valence-corrected chi connectivity index (χ4v) is 6.50. The highest BCUT2D eigenvalue weighted by Crippen LogP contribution is 2.46. The molecule has 1 spiro atoms. The average Bonchev–Trinajstić information content (AvgIpc) is 3.23. The number of thiazole rings is 1. The van der Waals surface area contributed by atoms with Gasteiger partial charge in [0.2, 0.25) is 0 Å². The number of aromatic nitrogens is 2. The van der Waals surface area contributed by atoms with Gasteiger partial charge in [-0.3, -0.25) is 9.59 Å². The van der Waals surface area contributed by atoms with Crippen LogP contribution in [0.1, 0.15) is 84.6 Å². The first-order chi connectivity index (χ1) is 16.5. The molecule has 5 rings (SSSR count). The van der Waals surface area contributed by atoms with Crippen molar-refractivity contribution < 1.29 is 9.59 Å². The van der Waals surface area contributed by atoms with E-state index in [1.807, 2.05) is 35.2 Å². The molecule has 1 aliphatic heterocycles. The van der Waals surface area contributed by atoms with Crippen molar-refractivity contribution in [3.63, 3.8) is 0 Å². The maximum atomic E-state index is 13.4. The predicted molar refractivity (Wildman–Crippen MR) is 142 cm³/mol. The molecule has 1 N–H and O–H groups in total. The Labute approximate surface area is 211 Å². The van der Waals surface area contributed by atoms with E-state index in [1.165, 1.54) is 0 Å². The average molecular weight is 491 g/mol. The molecule has 0 saturated carbocycles. The minimum Gasteiger partial charge on any atom is -0.368 e. The van der Waals surface area contributed by atoms with Crippen molar-refractivity contribution in [3.8, 4) is 0 Å². The van der Waals surface area contributed by atoms with E-state index < -0.39 is 0 Å². The molecule has 6 nitrogen and oxygen atoms in total. The number of nitrogens with zero attached hydrogens (tertiary/aromatic N) is 3. The first-order valence-electron chi connectivity index (χ1n) is 12.5. The number of anilines is 1. The molecule has 7 heteroatoms. The van der Waals surface area contributed by atoms with Crippen LogP contribution < -0.4 is 5.32 Å². The number of ketones is 1. The summed E-state index contributed by atoms with van der Waals surface area (Å²) < 4.78 is 0. The number of carbonyl (C=O) groups excluding carboxylic acids is 2. The smallest absolute Gasteiger partial charge is 0.253 e. The Morgan fingerprint density at radius 3 is 2.49 bits per heavy atom. The summed E-state index contributed by atoms with van der Waals surface area (Å²) in [6.45, 7) is 11.9. The summed E-state index contributed by atoms with van der Waals surface area (Å²) in [5.74, 6) is 1.03. The van der Waals surface area contributed by atoms with Crippen molar-refractivity contribution in [1.82, 2.24) is 14.9 Å². The van der Waals surface area contributed by atoms with Crippen LogP contribution in [0, 0.1) is 5.41 Å². The van der Waals surface area contributed by atoms with E-state index in [4.69, 9.17) is 9.97 Å². The van der Waals surface area contributed by atoms with Gasteiger partial charge in [-0.05, 0) is 62.8 Å². The van der Waals surface area contributed by atoms with E-state index in [-0.39, 0.29) is 28.6 Å². The number of piperidine rings is 1. The standard InChI is InChI=1S/C28H34N4O2S/c1-17(2)29-23-9-8-18-6-7-19(14-20(18)30-23)25(34)32-12-10-28(11-13-32)15-21(33)24-22(16-28)35-26(31-24)27(3,4)5/h6-9,14,17H,10-13,15-16H2,1-5H3,(H,29,30). The van der Waals surface area contributed by atoms with Crippen molar-refractivity contribution in [3.05, 3.63) is 51.5 Å². The second-order valence-electron chi connectivity index (χ2n) is 11.5. The van der Waals surface area contributed by atoms with Crippen molar-refractivity contribution in [2.24, 2.45) is 5.41 Å². The molecular formula is C28H34N4O2S. The number of rotatable bonds is 3. The Morgan fingerprint density at radius 1 is 1.09 bits per heavy atom. The van der Waals surface area contributed by atoms with Crippen LogP contribution in [-0.2, 0) is 11.8 Å². The highest BCUT2D eigenvalue weighted by atomic mass is 32.1. The SMILES string of the molecule is CC(C)Nc1ccc2ccc(C(=O)N3CCC4(CC3)CC(=O)c3nc(C(C)(C)C)sc3C4)cc2n1. The Morgan fingerprint density at radius 2 is 1.80 bits per heavy atom. The fraction of sp³-hybridized carbons (Fsp3) is 0.500. The number of Topliss-reactive ketones (excluding diaryl/α,β-unsaturated/α-hetero) is 1. The predicted octanol–water partition coefficient (Wildman–Crippen LogP) is 5.86. The zero-order valence-corrected chi connectivity index (χ0v) is 22.1. The molecule has 1 amide bonds. The van der Waals surface area contributed by atoms with Gasteiger partial charge in [0.1, 0.15) is 11.5 Å². The van der Waals surface area contributed by atoms with Crippen LogP contribution in [0.4, 0.5) is 5.82 Å². The number of carbonyl (C=O) groups is 2. The van der Waals surface area contributed by atoms with Gasteiger partial charge >= 0.3 is 0 Å². The van der Waals surface area contributed by atoms with Crippen LogP contribution in [0.25, 0.3) is 10.9 Å². The van der Waals surface area contributed by atoms with Crippen molar-refractivity contribution in [2.75, 3.05) is 18.4 Å². The first-order valence-corrected chi connectivity index (χ1v) is 13.3. The van der Waals surface area contributed by atoms with Crippen LogP contribution >= 0.6 is 11.3 Å². The van der Waals surface area contributed by atoms with Crippen LogP contribution in [0.3, 0.4) is 0 Å². The highest BCUT2D eigenvalue weighted by molar-refractivity contribution is 7.12. The largest absolute Gasteiger partial charge is 0.368 e. The molecule has 3 aromatic rings. The zero-order chi connectivity index (χ0) is 25.0. The Kier molecular flexibility index (Phi) is 5.94. The van der Waals surface area contributed by atoms with Gasteiger partial charge in [0.25, 0.3) is 5.91 Å². The summed E-state index contributed by atoms with van der Waals surface area (Å²) >= 11 is 1.70. The molecule has 3 heterocycles. The van der Waals surface area contributed by atoms with Crippen LogP contribution in [0.5, 0.6) is 0 Å². The highest BCUT2D eigenvalue weighted by Gasteiger charge is 2.43. The van der Waals surface area contributed by atoms with Gasteiger partial charge < -0.3 is 10.2 Å². The van der Waals surface area contributed by atoms with E-state index in [0.29, 0.717) is 30.8 Å². The zero-order valence-electron chi connectivity index (χ0n) is 21.3. The molecule has 0 bridgehead atoms. The van der Waals surface area contributed by atoms with Gasteiger partial charge in [0.05, 0.1) is 10.5 Å². The van der Waals surface area contributed by atoms with Gasteiger partial charge in [-0.15, -0.1) is 11.3 Å². The molecular weight excluding hydrogens is 456 g/mol. The normalized spacial score (nSPS) is 17.8. The number of benzene rings is 1. The van der Waals surface area contributed by atoms with E-state index in [0.717, 1.165) is 45.9 Å². The fourth-order valence-electron chi connectivity index (χ4n) is 5.18. The number of hydrogen-bond donors (Lipinski definition) is 1. The molecule has 0 radical (unpaired) electrons. The molecule has 1 aromatic carbocycles. The lowest BCUT2D eigenvalue weighted by Crippen LogP contribution is -2.46. The number of nitrogens with one attached hydrogen (secondary N) is 1. The van der Waals surface area contributed by atoms with Gasteiger partial charge in [-0.1, -0.05) is 26.8 Å². The number of fused-ring (bicyclic) bond motifs is 2. The first kappa shape index (κ1) is 23.9. The monoisotopic (exact) mass is 490 g/mol. The third-order valence-corrected chi connectivity index (χ3v) is 8.64. The quantitative estimate of drug-likeness (QED) is 0.498. The second kappa shape index (κ2) is 8.70. The van der Waals surface area contributed by atoms with Crippen LogP contribution in [0.15, 0.2) is 30.3 Å². The molecule has 35 heavy (non-hydrogen) atoms. The Hall–Kier alpha value is -2.80. The molecule has 2 aliphatic rings. The topological polar surface area (TPSA) is 75.2 Å². The number of pyridine rings is 1. The second-order valence-corrected chi connectivity index (χ2v) is 12.6. The van der Waals surface area contributed by atoms with Crippen LogP contribution in [-0.4, -0.2) is 45.7 Å². The van der Waals surface area contributed by atoms with E-state index in [9.17, 15) is 9.59 Å². The summed E-state index contributed by atoms with van der Waals surface area (Å²) in [7, 11) is 0. The van der Waals surface area contributed by atoms with Gasteiger partial charge in [-0.25, -0.2) is 9.97 Å². The van der Waals surface area contributed by atoms with Crippen molar-refractivity contribution >= 4 is 39.7 Å². The maximum Gasteiger partial charge on any atom is 0.253 e. The molecule has 0 atom stereocenters. The van der Waals surface area contributed by atoms with E-state index in [1.54, 1.807) is 11.3 Å². The summed E-state index contributed by atoms with van der Waals surface area (Å²) in [5.41, 5.74) is 2.08. The lowest BCUT2D eigenvalue weighted by molar-refractivity contribution is 0.0522. The van der Waals surface area contributed by atoms with E-state index >= 15 is 0 Å². The number of likely N-dealkylation sites (tertiary alicyclic amines) is 1. The van der Waals surface area contributed by atoms with Crippen molar-refractivity contribution in [1.29, 1.82) is 0 Å². The third-order valence-electron chi connectivity index (χ3n) is 7.16. The Bertz CT molecular complexity index is 1300. The summed E-state index contributed by atoms with van der Waals surface area (Å²) in [6, 6.07) is 10.1. The summed E-state index contributed by atoms with van der Waals surface area (Å²) in [6.07, 6.45) is 3.14. The van der Waals surface area contributed by atoms with Gasteiger partial charge in [0, 0.05) is 46.8 Å². The molecule has 1 saturated heterocycles. The minimum absolute atomic E-state index is 0.0430. The molecule has 0 unspecified atom stereocenters. The maximum absolute atomic E-state index is 13.4. The molecule has 1 aliphatic carbocycles. The molecule has 1 fully saturated rings. The summed E-state index contributed by atoms with van der Waals surface area (Å²) in [5, 5.41) is 5.38. The lowest BCUT2D eigenvalue weighted by atomic mass is 9.68. The number of amides is 1. The van der Waals surface area contributed by atoms with E-state index in [2.05, 4.69) is 39.9 Å². The third kappa shape index (κ3) is 4.70. The molecule has 2 aromatic heterocycles. The van der Waals surface area contributed by atoms with Crippen LogP contribution in [0.2, 0.25) is 0 Å². The van der Waals surface area contributed by atoms with Gasteiger partial charge in [0.15, 0.2) is 5.78 Å². The van der Waals surface area contributed by atoms with Gasteiger partial charge in [-0.2, -0.15) is 0 Å². The Balaban J connectivity index is 1.30. The summed E-state index contributed by atoms with van der Waals surface area (Å²) in [4.78, 5) is 38.8. The number of hydrogen-bond acceptors (Lipinski definition) is 6.